The number of benzene rings is 1. The Morgan fingerprint density at radius 3 is 2.94 bits per heavy atom. The van der Waals surface area contributed by atoms with E-state index < -0.39 is 0 Å². The van der Waals surface area contributed by atoms with Crippen LogP contribution in [0.25, 0.3) is 11.1 Å². The third-order valence-corrected chi connectivity index (χ3v) is 6.90. The number of hydrogen-bond donors (Lipinski definition) is 1. The molecule has 166 valence electrons. The molecular weight excluding hydrogens is 392 g/mol. The smallest absolute Gasteiger partial charge is 0.214 e. The van der Waals surface area contributed by atoms with Crippen molar-refractivity contribution >= 4 is 5.69 Å². The number of nitrogen functional groups attached to an aromatic ring is 1. The Hall–Kier alpha value is -2.15. The van der Waals surface area contributed by atoms with Gasteiger partial charge in [0.1, 0.15) is 6.61 Å². The Bertz CT molecular complexity index is 928. The maximum atomic E-state index is 6.10. The molecule has 2 aromatic rings. The minimum absolute atomic E-state index is 0.101. The number of aromatic nitrogens is 1. The van der Waals surface area contributed by atoms with E-state index >= 15 is 0 Å². The first-order chi connectivity index (χ1) is 15.1. The van der Waals surface area contributed by atoms with Gasteiger partial charge in [0.05, 0.1) is 18.9 Å². The van der Waals surface area contributed by atoms with Crippen molar-refractivity contribution in [3.8, 4) is 17.0 Å². The van der Waals surface area contributed by atoms with Crippen molar-refractivity contribution in [3.63, 3.8) is 0 Å². The van der Waals surface area contributed by atoms with Gasteiger partial charge in [0.15, 0.2) is 6.29 Å². The van der Waals surface area contributed by atoms with Gasteiger partial charge in [-0.1, -0.05) is 6.07 Å². The number of aryl methyl sites for hydroxylation is 1. The van der Waals surface area contributed by atoms with Crippen LogP contribution < -0.4 is 10.5 Å². The summed E-state index contributed by atoms with van der Waals surface area (Å²) < 4.78 is 23.2. The van der Waals surface area contributed by atoms with E-state index in [2.05, 4.69) is 19.1 Å². The normalized spacial score (nSPS) is 27.5. The first-order valence-electron chi connectivity index (χ1n) is 11.5. The first kappa shape index (κ1) is 20.7. The van der Waals surface area contributed by atoms with E-state index in [9.17, 15) is 0 Å². The van der Waals surface area contributed by atoms with E-state index in [-0.39, 0.29) is 11.7 Å². The summed E-state index contributed by atoms with van der Waals surface area (Å²) in [5.41, 5.74) is 11.5. The standard InChI is InChI=1S/C25H32N2O4/c1-17-5-6-20(26)14-21(17)18-12-22(25-7-9-28-16-19(25)15-25)27-23(13-18)29-10-11-31-24-4-2-3-8-30-24/h5-6,12-14,19,24H,2-4,7-11,15-16,26H2,1H3. The van der Waals surface area contributed by atoms with E-state index in [0.717, 1.165) is 74.4 Å². The van der Waals surface area contributed by atoms with E-state index in [0.29, 0.717) is 25.0 Å². The van der Waals surface area contributed by atoms with Gasteiger partial charge in [-0.3, -0.25) is 0 Å². The molecule has 3 unspecified atom stereocenters. The van der Waals surface area contributed by atoms with Crippen LogP contribution in [0, 0.1) is 12.8 Å². The molecule has 3 aliphatic rings. The summed E-state index contributed by atoms with van der Waals surface area (Å²) in [4.78, 5) is 4.94. The fourth-order valence-electron chi connectivity index (χ4n) is 4.94. The topological polar surface area (TPSA) is 75.8 Å². The van der Waals surface area contributed by atoms with E-state index in [1.165, 1.54) is 5.56 Å². The Balaban J connectivity index is 1.36. The summed E-state index contributed by atoms with van der Waals surface area (Å²) in [6.07, 6.45) is 5.29. The van der Waals surface area contributed by atoms with Gasteiger partial charge in [0, 0.05) is 30.4 Å². The molecule has 0 bridgehead atoms. The Kier molecular flexibility index (Phi) is 5.87. The molecule has 6 heteroatoms. The van der Waals surface area contributed by atoms with Crippen molar-refractivity contribution in [1.82, 2.24) is 4.98 Å². The summed E-state index contributed by atoms with van der Waals surface area (Å²) in [5.74, 6) is 1.21. The zero-order valence-corrected chi connectivity index (χ0v) is 18.3. The molecule has 0 spiro atoms. The number of nitrogens with zero attached hydrogens (tertiary/aromatic N) is 1. The molecule has 2 saturated heterocycles. The van der Waals surface area contributed by atoms with Crippen molar-refractivity contribution in [2.24, 2.45) is 5.92 Å². The van der Waals surface area contributed by atoms with Crippen molar-refractivity contribution in [2.75, 3.05) is 38.8 Å². The number of hydrogen-bond acceptors (Lipinski definition) is 6. The maximum absolute atomic E-state index is 6.10. The highest BCUT2D eigenvalue weighted by Crippen LogP contribution is 2.58. The van der Waals surface area contributed by atoms with Crippen LogP contribution in [0.3, 0.4) is 0 Å². The highest BCUT2D eigenvalue weighted by molar-refractivity contribution is 5.72. The molecule has 3 atom stereocenters. The molecule has 5 rings (SSSR count). The second kappa shape index (κ2) is 8.77. The lowest BCUT2D eigenvalue weighted by Crippen LogP contribution is -2.25. The van der Waals surface area contributed by atoms with E-state index in [1.807, 2.05) is 18.2 Å². The van der Waals surface area contributed by atoms with Crippen LogP contribution in [-0.2, 0) is 19.6 Å². The quantitative estimate of drug-likeness (QED) is 0.529. The lowest BCUT2D eigenvalue weighted by Gasteiger charge is -2.24. The predicted octanol–water partition coefficient (Wildman–Crippen LogP) is 4.24. The summed E-state index contributed by atoms with van der Waals surface area (Å²) >= 11 is 0. The van der Waals surface area contributed by atoms with Crippen LogP contribution in [0.4, 0.5) is 5.69 Å². The number of fused-ring (bicyclic) bond motifs is 1. The number of ether oxygens (including phenoxy) is 4. The summed E-state index contributed by atoms with van der Waals surface area (Å²) in [6, 6.07) is 10.3. The molecule has 3 fully saturated rings. The van der Waals surface area contributed by atoms with Crippen molar-refractivity contribution in [2.45, 2.75) is 50.7 Å². The number of anilines is 1. The second-order valence-electron chi connectivity index (χ2n) is 9.05. The maximum Gasteiger partial charge on any atom is 0.214 e. The van der Waals surface area contributed by atoms with E-state index in [4.69, 9.17) is 29.7 Å². The molecule has 1 saturated carbocycles. The summed E-state index contributed by atoms with van der Waals surface area (Å²) in [7, 11) is 0. The molecule has 2 N–H and O–H groups in total. The highest BCUT2D eigenvalue weighted by Gasteiger charge is 2.57. The Labute approximate surface area is 184 Å². The molecule has 31 heavy (non-hydrogen) atoms. The highest BCUT2D eigenvalue weighted by atomic mass is 16.7. The van der Waals surface area contributed by atoms with Gasteiger partial charge in [0.2, 0.25) is 5.88 Å². The van der Waals surface area contributed by atoms with Gasteiger partial charge in [0.25, 0.3) is 0 Å². The van der Waals surface area contributed by atoms with Gasteiger partial charge in [-0.05, 0) is 79.8 Å². The predicted molar refractivity (Wildman–Crippen MR) is 119 cm³/mol. The zero-order valence-electron chi connectivity index (χ0n) is 18.3. The van der Waals surface area contributed by atoms with Crippen LogP contribution in [-0.4, -0.2) is 44.3 Å². The molecule has 1 aromatic carbocycles. The molecule has 6 nitrogen and oxygen atoms in total. The fourth-order valence-corrected chi connectivity index (χ4v) is 4.94. The fraction of sp³-hybridized carbons (Fsp3) is 0.560. The van der Waals surface area contributed by atoms with Gasteiger partial charge < -0.3 is 24.7 Å². The van der Waals surface area contributed by atoms with E-state index in [1.54, 1.807) is 0 Å². The van der Waals surface area contributed by atoms with Crippen LogP contribution in [0.1, 0.15) is 43.4 Å². The van der Waals surface area contributed by atoms with Crippen molar-refractivity contribution in [1.29, 1.82) is 0 Å². The molecule has 0 radical (unpaired) electrons. The minimum atomic E-state index is -0.101. The third kappa shape index (κ3) is 4.43. The SMILES string of the molecule is Cc1ccc(N)cc1-c1cc(OCCOC2CCCCO2)nc(C23CCOCC2C3)c1. The molecule has 0 amide bonds. The van der Waals surface area contributed by atoms with Crippen molar-refractivity contribution in [3.05, 3.63) is 41.6 Å². The monoisotopic (exact) mass is 424 g/mol. The average molecular weight is 425 g/mol. The first-order valence-corrected chi connectivity index (χ1v) is 11.5. The largest absolute Gasteiger partial charge is 0.475 e. The zero-order chi connectivity index (χ0) is 21.3. The van der Waals surface area contributed by atoms with Gasteiger partial charge in [-0.25, -0.2) is 4.98 Å². The van der Waals surface area contributed by atoms with Crippen LogP contribution in [0.5, 0.6) is 5.88 Å². The summed E-state index contributed by atoms with van der Waals surface area (Å²) in [6.45, 7) is 5.46. The lowest BCUT2D eigenvalue weighted by molar-refractivity contribution is -0.165. The molecule has 3 heterocycles. The summed E-state index contributed by atoms with van der Waals surface area (Å²) in [5, 5.41) is 0. The molecule has 2 aliphatic heterocycles. The third-order valence-electron chi connectivity index (χ3n) is 6.90. The lowest BCUT2D eigenvalue weighted by atomic mass is 9.90. The molecule has 1 aromatic heterocycles. The van der Waals surface area contributed by atoms with Gasteiger partial charge in [-0.15, -0.1) is 0 Å². The number of pyridine rings is 1. The van der Waals surface area contributed by atoms with Crippen molar-refractivity contribution < 1.29 is 18.9 Å². The Morgan fingerprint density at radius 1 is 1.16 bits per heavy atom. The number of rotatable bonds is 7. The second-order valence-corrected chi connectivity index (χ2v) is 9.05. The molecular formula is C25H32N2O4. The molecule has 1 aliphatic carbocycles. The average Bonchev–Trinajstić information content (AvgIpc) is 3.55. The Morgan fingerprint density at radius 2 is 2.10 bits per heavy atom. The van der Waals surface area contributed by atoms with Gasteiger partial charge in [-0.2, -0.15) is 0 Å². The van der Waals surface area contributed by atoms with Crippen LogP contribution >= 0.6 is 0 Å². The van der Waals surface area contributed by atoms with Crippen LogP contribution in [0.2, 0.25) is 0 Å². The number of nitrogens with two attached hydrogens (primary N) is 1. The van der Waals surface area contributed by atoms with Crippen LogP contribution in [0.15, 0.2) is 30.3 Å². The minimum Gasteiger partial charge on any atom is -0.475 e. The van der Waals surface area contributed by atoms with Gasteiger partial charge >= 0.3 is 0 Å².